The topological polar surface area (TPSA) is 90.1 Å². The summed E-state index contributed by atoms with van der Waals surface area (Å²) in [6, 6.07) is 3.70. The summed E-state index contributed by atoms with van der Waals surface area (Å²) in [5.74, 6) is 0.167. The number of carbonyl (C=O) groups excluding carboxylic acids is 1. The number of rotatable bonds is 3. The van der Waals surface area contributed by atoms with E-state index in [1.54, 1.807) is 12.1 Å². The van der Waals surface area contributed by atoms with E-state index < -0.39 is 5.97 Å². The molecular weight excluding hydrogens is 244 g/mol. The highest BCUT2D eigenvalue weighted by atomic mass is 16.5. The molecule has 6 nitrogen and oxygen atoms in total. The second kappa shape index (κ2) is 6.47. The lowest BCUT2D eigenvalue weighted by Crippen LogP contribution is -2.39. The Morgan fingerprint density at radius 2 is 2.11 bits per heavy atom. The quantitative estimate of drug-likeness (QED) is 0.632. The van der Waals surface area contributed by atoms with E-state index in [-0.39, 0.29) is 17.8 Å². The van der Waals surface area contributed by atoms with Crippen LogP contribution in [0.5, 0.6) is 0 Å². The molecule has 2 atom stereocenters. The van der Waals surface area contributed by atoms with Gasteiger partial charge in [-0.05, 0) is 25.0 Å². The summed E-state index contributed by atoms with van der Waals surface area (Å²) in [5.41, 5.74) is 6.35. The van der Waals surface area contributed by atoms with Gasteiger partial charge in [-0.15, -0.1) is 10.2 Å². The molecule has 0 bridgehead atoms. The fourth-order valence-electron chi connectivity index (χ4n) is 2.33. The fourth-order valence-corrected chi connectivity index (χ4v) is 2.33. The largest absolute Gasteiger partial charge is 0.464 e. The van der Waals surface area contributed by atoms with Gasteiger partial charge in [0.2, 0.25) is 0 Å². The minimum atomic E-state index is -0.481. The van der Waals surface area contributed by atoms with E-state index >= 15 is 0 Å². The van der Waals surface area contributed by atoms with Crippen LogP contribution < -0.4 is 11.1 Å². The number of nitrogens with one attached hydrogen (secondary N) is 1. The second-order valence-electron chi connectivity index (χ2n) is 4.85. The SMILES string of the molecule is COC(=O)c1ccc(NC2CCCCCC2N)nn1. The lowest BCUT2D eigenvalue weighted by atomic mass is 10.0. The molecule has 1 fully saturated rings. The van der Waals surface area contributed by atoms with Gasteiger partial charge < -0.3 is 15.8 Å². The van der Waals surface area contributed by atoms with Crippen molar-refractivity contribution in [1.29, 1.82) is 0 Å². The van der Waals surface area contributed by atoms with Crippen LogP contribution in [0.1, 0.15) is 42.6 Å². The number of nitrogens with zero attached hydrogens (tertiary/aromatic N) is 2. The van der Waals surface area contributed by atoms with Gasteiger partial charge in [-0.2, -0.15) is 0 Å². The number of hydrogen-bond acceptors (Lipinski definition) is 6. The molecule has 1 saturated carbocycles. The maximum Gasteiger partial charge on any atom is 0.358 e. The van der Waals surface area contributed by atoms with Crippen molar-refractivity contribution in [2.45, 2.75) is 44.2 Å². The maximum atomic E-state index is 11.2. The van der Waals surface area contributed by atoms with Crippen LogP contribution in [0.4, 0.5) is 5.82 Å². The molecule has 2 unspecified atom stereocenters. The minimum Gasteiger partial charge on any atom is -0.464 e. The summed E-state index contributed by atoms with van der Waals surface area (Å²) in [4.78, 5) is 11.2. The van der Waals surface area contributed by atoms with Gasteiger partial charge >= 0.3 is 5.97 Å². The smallest absolute Gasteiger partial charge is 0.358 e. The first-order valence-corrected chi connectivity index (χ1v) is 6.65. The maximum absolute atomic E-state index is 11.2. The van der Waals surface area contributed by atoms with E-state index in [4.69, 9.17) is 5.73 Å². The van der Waals surface area contributed by atoms with Crippen molar-refractivity contribution in [3.05, 3.63) is 17.8 Å². The Balaban J connectivity index is 2.00. The first-order chi connectivity index (χ1) is 9.20. The summed E-state index contributed by atoms with van der Waals surface area (Å²) in [5, 5.41) is 11.1. The highest BCUT2D eigenvalue weighted by Gasteiger charge is 2.20. The van der Waals surface area contributed by atoms with Crippen LogP contribution in [-0.2, 0) is 4.74 Å². The monoisotopic (exact) mass is 264 g/mol. The molecule has 0 saturated heterocycles. The van der Waals surface area contributed by atoms with Crippen LogP contribution in [-0.4, -0.2) is 35.4 Å². The van der Waals surface area contributed by atoms with E-state index in [1.807, 2.05) is 0 Å². The molecule has 1 aromatic rings. The highest BCUT2D eigenvalue weighted by Crippen LogP contribution is 2.19. The molecule has 3 N–H and O–H groups in total. The van der Waals surface area contributed by atoms with E-state index in [0.29, 0.717) is 5.82 Å². The number of hydrogen-bond donors (Lipinski definition) is 2. The fraction of sp³-hybridized carbons (Fsp3) is 0.615. The third-order valence-electron chi connectivity index (χ3n) is 3.46. The number of ether oxygens (including phenoxy) is 1. The van der Waals surface area contributed by atoms with Crippen molar-refractivity contribution in [3.8, 4) is 0 Å². The van der Waals surface area contributed by atoms with Crippen molar-refractivity contribution >= 4 is 11.8 Å². The molecule has 0 radical (unpaired) electrons. The van der Waals surface area contributed by atoms with Crippen molar-refractivity contribution < 1.29 is 9.53 Å². The number of carbonyl (C=O) groups is 1. The molecule has 2 rings (SSSR count). The number of aromatic nitrogens is 2. The summed E-state index contributed by atoms with van der Waals surface area (Å²) >= 11 is 0. The van der Waals surface area contributed by atoms with Gasteiger partial charge in [0.1, 0.15) is 5.82 Å². The molecule has 6 heteroatoms. The van der Waals surface area contributed by atoms with E-state index in [1.165, 1.54) is 26.4 Å². The molecule has 1 heterocycles. The number of nitrogens with two attached hydrogens (primary N) is 1. The van der Waals surface area contributed by atoms with Crippen LogP contribution in [0.3, 0.4) is 0 Å². The average Bonchev–Trinajstić information content (AvgIpc) is 2.64. The van der Waals surface area contributed by atoms with Crippen molar-refractivity contribution in [2.24, 2.45) is 5.73 Å². The minimum absolute atomic E-state index is 0.143. The summed E-state index contributed by atoms with van der Waals surface area (Å²) < 4.78 is 4.58. The molecule has 1 aliphatic rings. The zero-order chi connectivity index (χ0) is 13.7. The molecule has 19 heavy (non-hydrogen) atoms. The Bertz CT molecular complexity index is 421. The van der Waals surface area contributed by atoms with Gasteiger partial charge in [-0.25, -0.2) is 4.79 Å². The lowest BCUT2D eigenvalue weighted by Gasteiger charge is -2.22. The Morgan fingerprint density at radius 3 is 2.79 bits per heavy atom. The Hall–Kier alpha value is -1.69. The predicted molar refractivity (Wildman–Crippen MR) is 71.8 cm³/mol. The van der Waals surface area contributed by atoms with E-state index in [0.717, 1.165) is 12.8 Å². The van der Waals surface area contributed by atoms with Crippen molar-refractivity contribution in [2.75, 3.05) is 12.4 Å². The standard InChI is InChI=1S/C13H20N4O2/c1-19-13(18)11-7-8-12(17-16-11)15-10-6-4-2-3-5-9(10)14/h7-10H,2-6,14H2,1H3,(H,15,17). The Morgan fingerprint density at radius 1 is 1.32 bits per heavy atom. The predicted octanol–water partition coefficient (Wildman–Crippen LogP) is 1.34. The van der Waals surface area contributed by atoms with Gasteiger partial charge in [0.25, 0.3) is 0 Å². The van der Waals surface area contributed by atoms with Gasteiger partial charge in [-0.1, -0.05) is 19.3 Å². The van der Waals surface area contributed by atoms with Gasteiger partial charge in [0, 0.05) is 12.1 Å². The third-order valence-corrected chi connectivity index (χ3v) is 3.46. The molecule has 0 aliphatic heterocycles. The molecular formula is C13H20N4O2. The first-order valence-electron chi connectivity index (χ1n) is 6.65. The Kier molecular flexibility index (Phi) is 4.68. The van der Waals surface area contributed by atoms with Gasteiger partial charge in [-0.3, -0.25) is 0 Å². The zero-order valence-electron chi connectivity index (χ0n) is 11.1. The molecule has 1 aliphatic carbocycles. The van der Waals surface area contributed by atoms with Gasteiger partial charge in [0.15, 0.2) is 5.69 Å². The highest BCUT2D eigenvalue weighted by molar-refractivity contribution is 5.86. The number of anilines is 1. The van der Waals surface area contributed by atoms with Gasteiger partial charge in [0.05, 0.1) is 7.11 Å². The summed E-state index contributed by atoms with van der Waals surface area (Å²) in [6.07, 6.45) is 5.68. The Labute approximate surface area is 112 Å². The normalized spacial score (nSPS) is 23.5. The van der Waals surface area contributed by atoms with E-state index in [9.17, 15) is 4.79 Å². The second-order valence-corrected chi connectivity index (χ2v) is 4.85. The number of methoxy groups -OCH3 is 1. The summed E-state index contributed by atoms with van der Waals surface area (Å²) in [7, 11) is 1.32. The van der Waals surface area contributed by atoms with Crippen LogP contribution in [0.2, 0.25) is 0 Å². The van der Waals surface area contributed by atoms with Crippen LogP contribution in [0.25, 0.3) is 0 Å². The molecule has 0 amide bonds. The van der Waals surface area contributed by atoms with Crippen molar-refractivity contribution in [1.82, 2.24) is 10.2 Å². The molecule has 104 valence electrons. The molecule has 1 aromatic heterocycles. The average molecular weight is 264 g/mol. The van der Waals surface area contributed by atoms with Crippen LogP contribution in [0, 0.1) is 0 Å². The molecule has 0 spiro atoms. The zero-order valence-corrected chi connectivity index (χ0v) is 11.1. The van der Waals surface area contributed by atoms with Crippen molar-refractivity contribution in [3.63, 3.8) is 0 Å². The molecule has 0 aromatic carbocycles. The van der Waals surface area contributed by atoms with E-state index in [2.05, 4.69) is 20.3 Å². The first kappa shape index (κ1) is 13.7. The summed E-state index contributed by atoms with van der Waals surface area (Å²) in [6.45, 7) is 0. The third kappa shape index (κ3) is 3.64. The van der Waals surface area contributed by atoms with Crippen LogP contribution in [0.15, 0.2) is 12.1 Å². The lowest BCUT2D eigenvalue weighted by molar-refractivity contribution is 0.0593. The van der Waals surface area contributed by atoms with Crippen LogP contribution >= 0.6 is 0 Å². The number of esters is 1.